The number of hydrogen-bond acceptors (Lipinski definition) is 3. The van der Waals surface area contributed by atoms with Crippen LogP contribution in [0.3, 0.4) is 0 Å². The molecule has 5 nitrogen and oxygen atoms in total. The summed E-state index contributed by atoms with van der Waals surface area (Å²) in [5, 5.41) is 4.30. The summed E-state index contributed by atoms with van der Waals surface area (Å²) in [6.45, 7) is 8.69. The molecule has 156 valence electrons. The van der Waals surface area contributed by atoms with Gasteiger partial charge in [0.05, 0.1) is 24.9 Å². The Labute approximate surface area is 183 Å². The normalized spacial score (nSPS) is 18.7. The van der Waals surface area contributed by atoms with E-state index in [1.54, 1.807) is 7.11 Å². The van der Waals surface area contributed by atoms with E-state index in [1.807, 2.05) is 30.5 Å². The topological polar surface area (TPSA) is 42.3 Å². The standard InChI is InChI=1S/C24H28N4OS/c1-15(2)27-23(22(26-24(27)30)21-11-6-7-12-25-21)20-13-16(3)28(17(20)4)18-9-8-10-19(14-18)29-5/h6-15,22-23H,1-5H3,(H,26,30)/t22-,23+/m1/s1. The van der Waals surface area contributed by atoms with Crippen molar-refractivity contribution in [3.05, 3.63) is 77.4 Å². The fourth-order valence-electron chi connectivity index (χ4n) is 4.49. The number of nitrogens with one attached hydrogen (secondary N) is 1. The first-order valence-electron chi connectivity index (χ1n) is 10.3. The van der Waals surface area contributed by atoms with E-state index in [-0.39, 0.29) is 18.1 Å². The fourth-order valence-corrected chi connectivity index (χ4v) is 4.94. The maximum Gasteiger partial charge on any atom is 0.170 e. The lowest BCUT2D eigenvalue weighted by Gasteiger charge is -2.31. The van der Waals surface area contributed by atoms with Gasteiger partial charge in [0.15, 0.2) is 5.11 Å². The molecule has 2 atom stereocenters. The van der Waals surface area contributed by atoms with Crippen molar-refractivity contribution in [2.45, 2.75) is 45.8 Å². The maximum atomic E-state index is 5.74. The molecule has 0 saturated carbocycles. The minimum atomic E-state index is 0.000333. The number of nitrogens with zero attached hydrogens (tertiary/aromatic N) is 3. The van der Waals surface area contributed by atoms with Crippen molar-refractivity contribution in [2.75, 3.05) is 7.11 Å². The number of aryl methyl sites for hydroxylation is 1. The van der Waals surface area contributed by atoms with Crippen LogP contribution in [0, 0.1) is 13.8 Å². The molecule has 1 N–H and O–H groups in total. The smallest absolute Gasteiger partial charge is 0.170 e. The van der Waals surface area contributed by atoms with Crippen molar-refractivity contribution >= 4 is 17.3 Å². The van der Waals surface area contributed by atoms with Crippen LogP contribution in [0.4, 0.5) is 0 Å². The van der Waals surface area contributed by atoms with Gasteiger partial charge >= 0.3 is 0 Å². The minimum Gasteiger partial charge on any atom is -0.497 e. The van der Waals surface area contributed by atoms with Crippen LogP contribution in [-0.4, -0.2) is 32.7 Å². The van der Waals surface area contributed by atoms with Gasteiger partial charge in [-0.25, -0.2) is 0 Å². The molecule has 1 saturated heterocycles. The lowest BCUT2D eigenvalue weighted by atomic mass is 9.96. The average Bonchev–Trinajstić information content (AvgIpc) is 3.24. The highest BCUT2D eigenvalue weighted by Crippen LogP contribution is 2.42. The van der Waals surface area contributed by atoms with Gasteiger partial charge < -0.3 is 19.5 Å². The van der Waals surface area contributed by atoms with Gasteiger partial charge in [0.1, 0.15) is 5.75 Å². The van der Waals surface area contributed by atoms with Crippen LogP contribution in [-0.2, 0) is 0 Å². The number of aromatic nitrogens is 2. The molecule has 1 aliphatic heterocycles. The molecule has 1 aromatic carbocycles. The molecule has 1 aliphatic rings. The largest absolute Gasteiger partial charge is 0.497 e. The highest BCUT2D eigenvalue weighted by atomic mass is 32.1. The number of rotatable bonds is 5. The van der Waals surface area contributed by atoms with Gasteiger partial charge in [0.2, 0.25) is 0 Å². The second-order valence-corrected chi connectivity index (χ2v) is 8.38. The quantitative estimate of drug-likeness (QED) is 0.596. The number of benzene rings is 1. The zero-order valence-electron chi connectivity index (χ0n) is 18.1. The maximum absolute atomic E-state index is 5.74. The number of hydrogen-bond donors (Lipinski definition) is 1. The Bertz CT molecular complexity index is 1060. The molecule has 1 fully saturated rings. The molecular formula is C24H28N4OS. The highest BCUT2D eigenvalue weighted by molar-refractivity contribution is 7.80. The van der Waals surface area contributed by atoms with Crippen molar-refractivity contribution in [1.82, 2.24) is 19.8 Å². The fraction of sp³-hybridized carbons (Fsp3) is 0.333. The van der Waals surface area contributed by atoms with Gasteiger partial charge in [-0.2, -0.15) is 0 Å². The van der Waals surface area contributed by atoms with Crippen LogP contribution < -0.4 is 10.1 Å². The molecule has 3 aromatic rings. The molecule has 0 aliphatic carbocycles. The van der Waals surface area contributed by atoms with E-state index >= 15 is 0 Å². The van der Waals surface area contributed by atoms with E-state index < -0.39 is 0 Å². The van der Waals surface area contributed by atoms with Crippen LogP contribution in [0.15, 0.2) is 54.7 Å². The van der Waals surface area contributed by atoms with Crippen LogP contribution in [0.25, 0.3) is 5.69 Å². The number of ether oxygens (including phenoxy) is 1. The Morgan fingerprint density at radius 1 is 1.10 bits per heavy atom. The first kappa shape index (κ1) is 20.4. The van der Waals surface area contributed by atoms with Crippen molar-refractivity contribution in [1.29, 1.82) is 0 Å². The summed E-state index contributed by atoms with van der Waals surface area (Å²) in [7, 11) is 1.70. The van der Waals surface area contributed by atoms with Gasteiger partial charge in [0, 0.05) is 35.4 Å². The third-order valence-electron chi connectivity index (χ3n) is 5.79. The zero-order valence-corrected chi connectivity index (χ0v) is 18.9. The SMILES string of the molecule is COc1cccc(-n2c(C)cc([C@H]3[C@@H](c4ccccn4)NC(=S)N3C(C)C)c2C)c1. The van der Waals surface area contributed by atoms with Crippen molar-refractivity contribution < 1.29 is 4.74 Å². The predicted octanol–water partition coefficient (Wildman–Crippen LogP) is 4.88. The third-order valence-corrected chi connectivity index (χ3v) is 6.12. The Balaban J connectivity index is 1.85. The molecule has 0 radical (unpaired) electrons. The molecule has 0 unspecified atom stereocenters. The van der Waals surface area contributed by atoms with E-state index in [0.717, 1.165) is 22.2 Å². The summed E-state index contributed by atoms with van der Waals surface area (Å²) < 4.78 is 7.73. The summed E-state index contributed by atoms with van der Waals surface area (Å²) in [5.74, 6) is 0.848. The average molecular weight is 421 g/mol. The third kappa shape index (κ3) is 3.45. The first-order chi connectivity index (χ1) is 14.4. The predicted molar refractivity (Wildman–Crippen MR) is 124 cm³/mol. The van der Waals surface area contributed by atoms with Crippen LogP contribution in [0.2, 0.25) is 0 Å². The molecule has 2 aromatic heterocycles. The molecule has 6 heteroatoms. The van der Waals surface area contributed by atoms with E-state index in [4.69, 9.17) is 17.0 Å². The Kier molecular flexibility index (Phi) is 5.52. The van der Waals surface area contributed by atoms with Crippen molar-refractivity contribution in [3.8, 4) is 11.4 Å². The minimum absolute atomic E-state index is 0.000333. The molecule has 0 amide bonds. The monoisotopic (exact) mass is 420 g/mol. The Morgan fingerprint density at radius 3 is 2.57 bits per heavy atom. The summed E-state index contributed by atoms with van der Waals surface area (Å²) in [4.78, 5) is 6.93. The summed E-state index contributed by atoms with van der Waals surface area (Å²) in [6.07, 6.45) is 1.84. The molecule has 30 heavy (non-hydrogen) atoms. The molecule has 3 heterocycles. The second-order valence-electron chi connectivity index (χ2n) is 7.99. The highest BCUT2D eigenvalue weighted by Gasteiger charge is 2.42. The lowest BCUT2D eigenvalue weighted by Crippen LogP contribution is -2.35. The van der Waals surface area contributed by atoms with Gasteiger partial charge in [-0.3, -0.25) is 4.98 Å². The summed E-state index contributed by atoms with van der Waals surface area (Å²) >= 11 is 5.74. The number of pyridine rings is 1. The number of methoxy groups -OCH3 is 1. The van der Waals surface area contributed by atoms with Crippen molar-refractivity contribution in [2.24, 2.45) is 0 Å². The van der Waals surface area contributed by atoms with E-state index in [0.29, 0.717) is 0 Å². The van der Waals surface area contributed by atoms with Gasteiger partial charge in [-0.1, -0.05) is 12.1 Å². The zero-order chi connectivity index (χ0) is 21.4. The molecular weight excluding hydrogens is 392 g/mol. The van der Waals surface area contributed by atoms with E-state index in [1.165, 1.54) is 17.0 Å². The Hall–Kier alpha value is -2.86. The second kappa shape index (κ2) is 8.11. The van der Waals surface area contributed by atoms with Crippen LogP contribution >= 0.6 is 12.2 Å². The molecule has 0 bridgehead atoms. The summed E-state index contributed by atoms with van der Waals surface area (Å²) in [5.41, 5.74) is 5.72. The van der Waals surface area contributed by atoms with Crippen LogP contribution in [0.1, 0.15) is 48.6 Å². The molecule has 0 spiro atoms. The molecule has 4 rings (SSSR count). The van der Waals surface area contributed by atoms with Crippen molar-refractivity contribution in [3.63, 3.8) is 0 Å². The summed E-state index contributed by atoms with van der Waals surface area (Å²) in [6, 6.07) is 16.8. The van der Waals surface area contributed by atoms with E-state index in [9.17, 15) is 0 Å². The number of thiocarbonyl (C=S) groups is 1. The van der Waals surface area contributed by atoms with Gasteiger partial charge in [-0.05, 0) is 75.8 Å². The first-order valence-corrected chi connectivity index (χ1v) is 10.7. The van der Waals surface area contributed by atoms with E-state index in [2.05, 4.69) is 71.7 Å². The van der Waals surface area contributed by atoms with Crippen LogP contribution in [0.5, 0.6) is 5.75 Å². The van der Waals surface area contributed by atoms with Gasteiger partial charge in [0.25, 0.3) is 0 Å². The van der Waals surface area contributed by atoms with Gasteiger partial charge in [-0.15, -0.1) is 0 Å². The lowest BCUT2D eigenvalue weighted by molar-refractivity contribution is 0.269. The Morgan fingerprint density at radius 2 is 1.90 bits per heavy atom.